The van der Waals surface area contributed by atoms with Crippen molar-refractivity contribution in [2.24, 2.45) is 0 Å². The van der Waals surface area contributed by atoms with Gasteiger partial charge in [0, 0.05) is 48.7 Å². The lowest BCUT2D eigenvalue weighted by Gasteiger charge is -2.36. The summed E-state index contributed by atoms with van der Waals surface area (Å²) in [5, 5.41) is 1.68. The van der Waals surface area contributed by atoms with E-state index in [2.05, 4.69) is 4.90 Å². The standard InChI is InChI=1S/C24H22N3O5P/c28-24(23-19-8-1-3-10-21(19)25-22-11-4-2-9-20(22)23)27-14-12-26(13-15-27)17-6-5-7-18(16-17)32-33(29,30)31/h1-11,16H,12-15H2,(H2,29,30,31). The number of hydrogen-bond acceptors (Lipinski definition) is 5. The van der Waals surface area contributed by atoms with E-state index in [4.69, 9.17) is 19.3 Å². The molecular weight excluding hydrogens is 441 g/mol. The number of amides is 1. The molecule has 1 aliphatic heterocycles. The predicted octanol–water partition coefficient (Wildman–Crippen LogP) is 3.82. The summed E-state index contributed by atoms with van der Waals surface area (Å²) in [6.45, 7) is 2.22. The summed E-state index contributed by atoms with van der Waals surface area (Å²) in [6.07, 6.45) is 0. The van der Waals surface area contributed by atoms with Gasteiger partial charge >= 0.3 is 7.82 Å². The average molecular weight is 463 g/mol. The quantitative estimate of drug-likeness (QED) is 0.350. The van der Waals surface area contributed by atoms with E-state index in [0.717, 1.165) is 27.5 Å². The van der Waals surface area contributed by atoms with Crippen molar-refractivity contribution in [3.63, 3.8) is 0 Å². The maximum absolute atomic E-state index is 13.7. The molecule has 1 fully saturated rings. The van der Waals surface area contributed by atoms with Crippen LogP contribution in [0.1, 0.15) is 10.4 Å². The number of carbonyl (C=O) groups excluding carboxylic acids is 1. The van der Waals surface area contributed by atoms with Crippen molar-refractivity contribution in [2.75, 3.05) is 31.1 Å². The van der Waals surface area contributed by atoms with Crippen LogP contribution in [0, 0.1) is 0 Å². The van der Waals surface area contributed by atoms with Crippen LogP contribution >= 0.6 is 7.82 Å². The molecule has 0 spiro atoms. The summed E-state index contributed by atoms with van der Waals surface area (Å²) in [5.74, 6) is 0.0806. The molecule has 0 saturated carbocycles. The SMILES string of the molecule is O=C(c1c2ccccc2nc2ccccc12)N1CCN(c2cccc(OP(=O)(O)O)c2)CC1. The Hall–Kier alpha value is -3.45. The molecule has 0 atom stereocenters. The molecule has 1 aromatic heterocycles. The van der Waals surface area contributed by atoms with Gasteiger partial charge in [-0.05, 0) is 24.3 Å². The van der Waals surface area contributed by atoms with Crippen LogP contribution in [0.3, 0.4) is 0 Å². The number of benzene rings is 3. The molecule has 2 N–H and O–H groups in total. The van der Waals surface area contributed by atoms with Crippen molar-refractivity contribution in [3.05, 3.63) is 78.4 Å². The van der Waals surface area contributed by atoms with Gasteiger partial charge in [0.25, 0.3) is 5.91 Å². The summed E-state index contributed by atoms with van der Waals surface area (Å²) in [4.78, 5) is 40.4. The molecule has 3 aromatic carbocycles. The van der Waals surface area contributed by atoms with E-state index in [1.165, 1.54) is 6.07 Å². The Kier molecular flexibility index (Phi) is 5.50. The van der Waals surface area contributed by atoms with Crippen LogP contribution in [-0.4, -0.2) is 51.8 Å². The normalized spacial score (nSPS) is 14.6. The minimum Gasteiger partial charge on any atom is -0.404 e. The van der Waals surface area contributed by atoms with Crippen molar-refractivity contribution < 1.29 is 23.7 Å². The number of carbonyl (C=O) groups is 1. The van der Waals surface area contributed by atoms with Gasteiger partial charge in [0.05, 0.1) is 16.6 Å². The summed E-state index contributed by atoms with van der Waals surface area (Å²) < 4.78 is 15.8. The molecule has 168 valence electrons. The highest BCUT2D eigenvalue weighted by molar-refractivity contribution is 7.46. The van der Waals surface area contributed by atoms with E-state index in [1.54, 1.807) is 12.1 Å². The Morgan fingerprint density at radius 2 is 1.45 bits per heavy atom. The fourth-order valence-corrected chi connectivity index (χ4v) is 4.66. The maximum atomic E-state index is 13.7. The van der Waals surface area contributed by atoms with Crippen LogP contribution in [0.4, 0.5) is 5.69 Å². The number of anilines is 1. The third kappa shape index (κ3) is 4.41. The zero-order chi connectivity index (χ0) is 23.0. The van der Waals surface area contributed by atoms with E-state index >= 15 is 0 Å². The molecule has 2 heterocycles. The van der Waals surface area contributed by atoms with Crippen LogP contribution in [0.2, 0.25) is 0 Å². The molecule has 0 radical (unpaired) electrons. The Labute approximate surface area is 190 Å². The first-order valence-corrected chi connectivity index (χ1v) is 12.1. The number of phosphoric ester groups is 1. The lowest BCUT2D eigenvalue weighted by atomic mass is 10.0. The van der Waals surface area contributed by atoms with Crippen molar-refractivity contribution in [2.45, 2.75) is 0 Å². The second-order valence-corrected chi connectivity index (χ2v) is 9.04. The first-order valence-electron chi connectivity index (χ1n) is 10.6. The van der Waals surface area contributed by atoms with Gasteiger partial charge in [-0.3, -0.25) is 14.6 Å². The lowest BCUT2D eigenvalue weighted by Crippen LogP contribution is -2.48. The van der Waals surface area contributed by atoms with Crippen molar-refractivity contribution in [1.29, 1.82) is 0 Å². The molecule has 0 unspecified atom stereocenters. The van der Waals surface area contributed by atoms with Gasteiger partial charge < -0.3 is 14.3 Å². The van der Waals surface area contributed by atoms with Crippen LogP contribution in [0.5, 0.6) is 5.75 Å². The zero-order valence-electron chi connectivity index (χ0n) is 17.7. The van der Waals surface area contributed by atoms with E-state index in [0.29, 0.717) is 31.7 Å². The van der Waals surface area contributed by atoms with E-state index in [1.807, 2.05) is 59.5 Å². The summed E-state index contributed by atoms with van der Waals surface area (Å²) in [6, 6.07) is 22.0. The summed E-state index contributed by atoms with van der Waals surface area (Å²) in [7, 11) is -4.62. The second kappa shape index (κ2) is 8.48. The molecule has 0 bridgehead atoms. The molecule has 8 nitrogen and oxygen atoms in total. The minimum atomic E-state index is -4.62. The van der Waals surface area contributed by atoms with Crippen molar-refractivity contribution in [1.82, 2.24) is 9.88 Å². The van der Waals surface area contributed by atoms with Crippen molar-refractivity contribution in [3.8, 4) is 5.75 Å². The van der Waals surface area contributed by atoms with Gasteiger partial charge in [0.15, 0.2) is 0 Å². The average Bonchev–Trinajstić information content (AvgIpc) is 2.81. The number of phosphoric acid groups is 1. The van der Waals surface area contributed by atoms with Gasteiger partial charge in [-0.25, -0.2) is 9.55 Å². The second-order valence-electron chi connectivity index (χ2n) is 7.88. The molecule has 5 rings (SSSR count). The van der Waals surface area contributed by atoms with Gasteiger partial charge in [0.2, 0.25) is 0 Å². The third-order valence-corrected chi connectivity index (χ3v) is 6.22. The zero-order valence-corrected chi connectivity index (χ0v) is 18.6. The maximum Gasteiger partial charge on any atom is 0.524 e. The lowest BCUT2D eigenvalue weighted by molar-refractivity contribution is 0.0750. The smallest absolute Gasteiger partial charge is 0.404 e. The Bertz CT molecular complexity index is 1340. The summed E-state index contributed by atoms with van der Waals surface area (Å²) in [5.41, 5.74) is 3.04. The Balaban J connectivity index is 1.39. The highest BCUT2D eigenvalue weighted by Crippen LogP contribution is 2.38. The van der Waals surface area contributed by atoms with Gasteiger partial charge in [-0.2, -0.15) is 0 Å². The number of aromatic nitrogens is 1. The fraction of sp³-hybridized carbons (Fsp3) is 0.167. The molecule has 1 amide bonds. The van der Waals surface area contributed by atoms with Gasteiger partial charge in [0.1, 0.15) is 5.75 Å². The highest BCUT2D eigenvalue weighted by atomic mass is 31.2. The van der Waals surface area contributed by atoms with E-state index < -0.39 is 7.82 Å². The van der Waals surface area contributed by atoms with E-state index in [9.17, 15) is 9.36 Å². The number of hydrogen-bond donors (Lipinski definition) is 2. The monoisotopic (exact) mass is 463 g/mol. The largest absolute Gasteiger partial charge is 0.524 e. The molecule has 1 aliphatic rings. The topological polar surface area (TPSA) is 103 Å². The first kappa shape index (κ1) is 21.4. The molecule has 0 aliphatic carbocycles. The predicted molar refractivity (Wildman–Crippen MR) is 126 cm³/mol. The third-order valence-electron chi connectivity index (χ3n) is 5.78. The number of pyridine rings is 1. The molecule has 1 saturated heterocycles. The van der Waals surface area contributed by atoms with Gasteiger partial charge in [-0.1, -0.05) is 42.5 Å². The number of rotatable bonds is 4. The molecule has 9 heteroatoms. The van der Waals surface area contributed by atoms with Crippen LogP contribution < -0.4 is 9.42 Å². The highest BCUT2D eigenvalue weighted by Gasteiger charge is 2.26. The number of para-hydroxylation sites is 2. The van der Waals surface area contributed by atoms with E-state index in [-0.39, 0.29) is 11.7 Å². The number of nitrogens with zero attached hydrogens (tertiary/aromatic N) is 3. The van der Waals surface area contributed by atoms with Crippen LogP contribution in [0.25, 0.3) is 21.8 Å². The first-order chi connectivity index (χ1) is 15.9. The summed E-state index contributed by atoms with van der Waals surface area (Å²) >= 11 is 0. The van der Waals surface area contributed by atoms with Crippen molar-refractivity contribution >= 4 is 41.2 Å². The fourth-order valence-electron chi connectivity index (χ4n) is 4.27. The van der Waals surface area contributed by atoms with Gasteiger partial charge in [-0.15, -0.1) is 0 Å². The molecule has 33 heavy (non-hydrogen) atoms. The minimum absolute atomic E-state index is 0.0250. The Morgan fingerprint density at radius 3 is 2.06 bits per heavy atom. The number of fused-ring (bicyclic) bond motifs is 2. The molecular formula is C24H22N3O5P. The van der Waals surface area contributed by atoms with Crippen LogP contribution in [-0.2, 0) is 4.57 Å². The number of piperazine rings is 1. The Morgan fingerprint density at radius 1 is 0.848 bits per heavy atom. The molecule has 4 aromatic rings. The van der Waals surface area contributed by atoms with Crippen LogP contribution in [0.15, 0.2) is 72.8 Å².